The quantitative estimate of drug-likeness (QED) is 0.873. The third-order valence-corrected chi connectivity index (χ3v) is 3.71. The van der Waals surface area contributed by atoms with Crippen LogP contribution in [-0.2, 0) is 4.74 Å². The molecule has 0 spiro atoms. The summed E-state index contributed by atoms with van der Waals surface area (Å²) in [5.74, 6) is 1.38. The van der Waals surface area contributed by atoms with Gasteiger partial charge in [0.1, 0.15) is 0 Å². The summed E-state index contributed by atoms with van der Waals surface area (Å²) in [6.45, 7) is 3.05. The fourth-order valence-corrected chi connectivity index (χ4v) is 2.78. The minimum Gasteiger partial charge on any atom is -0.493 e. The Morgan fingerprint density at radius 1 is 1.15 bits per heavy atom. The number of aromatic amines is 1. The molecule has 1 aliphatic heterocycles. The second kappa shape index (κ2) is 5.34. The van der Waals surface area contributed by atoms with Crippen molar-refractivity contribution in [2.75, 3.05) is 45.5 Å². The van der Waals surface area contributed by atoms with Gasteiger partial charge >= 0.3 is 0 Å². The number of nitrogens with zero attached hydrogens (tertiary/aromatic N) is 2. The lowest BCUT2D eigenvalue weighted by Gasteiger charge is -2.29. The predicted octanol–water partition coefficient (Wildman–Crippen LogP) is 1.68. The highest BCUT2D eigenvalue weighted by molar-refractivity contribution is 7.71. The van der Waals surface area contributed by atoms with Crippen LogP contribution in [0.3, 0.4) is 0 Å². The number of benzene rings is 1. The molecule has 0 atom stereocenters. The summed E-state index contributed by atoms with van der Waals surface area (Å²) >= 11 is 5.44. The average Bonchev–Trinajstić information content (AvgIpc) is 2.81. The molecular weight excluding hydrogens is 278 g/mol. The van der Waals surface area contributed by atoms with Gasteiger partial charge in [-0.05, 0) is 12.2 Å². The number of rotatable bonds is 3. The standard InChI is InChI=1S/C13H17N3O3S/c1-17-11-7-9-10(8-12(11)18-2)16(13(20)14-9)15-3-5-19-6-4-15/h7-8H,3-6H2,1-2H3,(H,14,20). The highest BCUT2D eigenvalue weighted by atomic mass is 32.1. The van der Waals surface area contributed by atoms with E-state index < -0.39 is 0 Å². The molecule has 0 saturated carbocycles. The largest absolute Gasteiger partial charge is 0.493 e. The number of methoxy groups -OCH3 is 2. The molecule has 1 aliphatic rings. The van der Waals surface area contributed by atoms with Crippen LogP contribution in [0.2, 0.25) is 0 Å². The van der Waals surface area contributed by atoms with E-state index >= 15 is 0 Å². The predicted molar refractivity (Wildman–Crippen MR) is 79.0 cm³/mol. The summed E-state index contributed by atoms with van der Waals surface area (Å²) in [7, 11) is 3.25. The van der Waals surface area contributed by atoms with Crippen LogP contribution in [-0.4, -0.2) is 50.2 Å². The van der Waals surface area contributed by atoms with Crippen LogP contribution in [0.4, 0.5) is 0 Å². The van der Waals surface area contributed by atoms with Gasteiger partial charge in [-0.2, -0.15) is 0 Å². The third kappa shape index (κ3) is 2.12. The Balaban J connectivity index is 2.16. The number of imidazole rings is 1. The first kappa shape index (κ1) is 13.3. The van der Waals surface area contributed by atoms with Gasteiger partial charge < -0.3 is 24.2 Å². The van der Waals surface area contributed by atoms with E-state index in [1.807, 2.05) is 16.8 Å². The molecule has 0 amide bonds. The second-order valence-electron chi connectivity index (χ2n) is 4.53. The SMILES string of the molecule is COc1cc2[nH]c(=S)n(N3CCOCC3)c2cc1OC. The maximum atomic E-state index is 5.44. The lowest BCUT2D eigenvalue weighted by Crippen LogP contribution is -2.43. The summed E-state index contributed by atoms with van der Waals surface area (Å²) in [5.41, 5.74) is 1.91. The maximum Gasteiger partial charge on any atom is 0.197 e. The second-order valence-corrected chi connectivity index (χ2v) is 4.92. The number of hydrogen-bond acceptors (Lipinski definition) is 5. The smallest absolute Gasteiger partial charge is 0.197 e. The first-order chi connectivity index (χ1) is 9.74. The highest BCUT2D eigenvalue weighted by Gasteiger charge is 2.17. The van der Waals surface area contributed by atoms with E-state index in [4.69, 9.17) is 26.4 Å². The van der Waals surface area contributed by atoms with Crippen molar-refractivity contribution < 1.29 is 14.2 Å². The third-order valence-electron chi connectivity index (χ3n) is 3.43. The highest BCUT2D eigenvalue weighted by Crippen LogP contribution is 2.32. The molecular formula is C13H17N3O3S. The van der Waals surface area contributed by atoms with Crippen LogP contribution in [0.25, 0.3) is 11.0 Å². The van der Waals surface area contributed by atoms with Crippen LogP contribution in [0.15, 0.2) is 12.1 Å². The summed E-state index contributed by atoms with van der Waals surface area (Å²) < 4.78 is 18.7. The Bertz CT molecular complexity index is 673. The molecule has 108 valence electrons. The van der Waals surface area contributed by atoms with Gasteiger partial charge in [0.25, 0.3) is 0 Å². The zero-order valence-corrected chi connectivity index (χ0v) is 12.3. The van der Waals surface area contributed by atoms with Crippen LogP contribution < -0.4 is 14.5 Å². The molecule has 7 heteroatoms. The number of hydrogen-bond donors (Lipinski definition) is 1. The van der Waals surface area contributed by atoms with Gasteiger partial charge in [0.15, 0.2) is 16.3 Å². The fraction of sp³-hybridized carbons (Fsp3) is 0.462. The van der Waals surface area contributed by atoms with E-state index in [9.17, 15) is 0 Å². The van der Waals surface area contributed by atoms with Crippen LogP contribution in [0, 0.1) is 4.77 Å². The molecule has 0 bridgehead atoms. The lowest BCUT2D eigenvalue weighted by atomic mass is 10.2. The Hall–Kier alpha value is -1.73. The van der Waals surface area contributed by atoms with Crippen molar-refractivity contribution in [2.24, 2.45) is 0 Å². The Kier molecular flexibility index (Phi) is 3.54. The van der Waals surface area contributed by atoms with Gasteiger partial charge in [-0.25, -0.2) is 4.68 Å². The van der Waals surface area contributed by atoms with Crippen molar-refractivity contribution in [1.82, 2.24) is 9.66 Å². The van der Waals surface area contributed by atoms with E-state index in [1.54, 1.807) is 14.2 Å². The molecule has 6 nitrogen and oxygen atoms in total. The van der Waals surface area contributed by atoms with Crippen LogP contribution >= 0.6 is 12.2 Å². The molecule has 1 N–H and O–H groups in total. The van der Waals surface area contributed by atoms with Crippen molar-refractivity contribution >= 4 is 23.3 Å². The number of nitrogens with one attached hydrogen (secondary N) is 1. The van der Waals surface area contributed by atoms with Crippen molar-refractivity contribution in [3.05, 3.63) is 16.9 Å². The van der Waals surface area contributed by atoms with Crippen molar-refractivity contribution in [2.45, 2.75) is 0 Å². The number of ether oxygens (including phenoxy) is 3. The minimum atomic E-state index is 0.664. The molecule has 1 aromatic heterocycles. The topological polar surface area (TPSA) is 51.7 Å². The Morgan fingerprint density at radius 3 is 2.45 bits per heavy atom. The van der Waals surface area contributed by atoms with Gasteiger partial charge in [0.2, 0.25) is 0 Å². The molecule has 2 heterocycles. The molecule has 1 aromatic carbocycles. The average molecular weight is 295 g/mol. The van der Waals surface area contributed by atoms with Gasteiger partial charge in [-0.15, -0.1) is 0 Å². The molecule has 20 heavy (non-hydrogen) atoms. The van der Waals surface area contributed by atoms with Crippen LogP contribution in [0.5, 0.6) is 11.5 Å². The Labute approximate surface area is 121 Å². The van der Waals surface area contributed by atoms with Gasteiger partial charge in [-0.3, -0.25) is 0 Å². The van der Waals surface area contributed by atoms with Crippen LogP contribution in [0.1, 0.15) is 0 Å². The van der Waals surface area contributed by atoms with E-state index in [0.29, 0.717) is 29.5 Å². The van der Waals surface area contributed by atoms with E-state index in [-0.39, 0.29) is 0 Å². The molecule has 1 saturated heterocycles. The molecule has 3 rings (SSSR count). The van der Waals surface area contributed by atoms with Gasteiger partial charge in [0, 0.05) is 12.1 Å². The maximum absolute atomic E-state index is 5.44. The molecule has 0 unspecified atom stereocenters. The van der Waals surface area contributed by atoms with Crippen molar-refractivity contribution in [3.63, 3.8) is 0 Å². The normalized spacial score (nSPS) is 15.6. The monoisotopic (exact) mass is 295 g/mol. The first-order valence-electron chi connectivity index (χ1n) is 6.44. The number of morpholine rings is 1. The molecule has 2 aromatic rings. The molecule has 0 aliphatic carbocycles. The zero-order valence-electron chi connectivity index (χ0n) is 11.5. The molecule has 0 radical (unpaired) electrons. The zero-order chi connectivity index (χ0) is 14.1. The van der Waals surface area contributed by atoms with Crippen molar-refractivity contribution in [1.29, 1.82) is 0 Å². The van der Waals surface area contributed by atoms with E-state index in [1.165, 1.54) is 0 Å². The summed E-state index contributed by atoms with van der Waals surface area (Å²) in [6.07, 6.45) is 0. The van der Waals surface area contributed by atoms with Crippen molar-refractivity contribution in [3.8, 4) is 11.5 Å². The fourth-order valence-electron chi connectivity index (χ4n) is 2.46. The lowest BCUT2D eigenvalue weighted by molar-refractivity contribution is 0.111. The number of fused-ring (bicyclic) bond motifs is 1. The van der Waals surface area contributed by atoms with E-state index in [0.717, 1.165) is 24.1 Å². The minimum absolute atomic E-state index is 0.664. The Morgan fingerprint density at radius 2 is 1.80 bits per heavy atom. The van der Waals surface area contributed by atoms with Gasteiger partial charge in [-0.1, -0.05) is 0 Å². The summed E-state index contributed by atoms with van der Waals surface area (Å²) in [6, 6.07) is 3.84. The van der Waals surface area contributed by atoms with E-state index in [2.05, 4.69) is 9.99 Å². The molecule has 1 fully saturated rings. The van der Waals surface area contributed by atoms with Gasteiger partial charge in [0.05, 0.1) is 51.6 Å². The first-order valence-corrected chi connectivity index (χ1v) is 6.85. The number of aromatic nitrogens is 2. The number of H-pyrrole nitrogens is 1. The summed E-state index contributed by atoms with van der Waals surface area (Å²) in [4.78, 5) is 3.21. The summed E-state index contributed by atoms with van der Waals surface area (Å²) in [5, 5.41) is 2.18.